The van der Waals surface area contributed by atoms with E-state index in [1.165, 1.54) is 19.4 Å². The van der Waals surface area contributed by atoms with Gasteiger partial charge in [0.2, 0.25) is 11.9 Å². The number of carbonyl (C=O) groups is 1. The number of benzene rings is 1. The summed E-state index contributed by atoms with van der Waals surface area (Å²) < 4.78 is 41.5. The number of carbonyl (C=O) groups excluding carboxylic acids is 1. The Morgan fingerprint density at radius 3 is 2.68 bits per heavy atom. The average molecular weight is 596 g/mol. The molecule has 0 radical (unpaired) electrons. The Labute approximate surface area is 228 Å². The fourth-order valence-electron chi connectivity index (χ4n) is 5.25. The lowest BCUT2D eigenvalue weighted by molar-refractivity contribution is -0.137. The first-order valence-electron chi connectivity index (χ1n) is 13.3. The van der Waals surface area contributed by atoms with Crippen LogP contribution in [0.3, 0.4) is 0 Å². The molecule has 1 atom stereocenters. The summed E-state index contributed by atoms with van der Waals surface area (Å²) in [7, 11) is 0. The van der Waals surface area contributed by atoms with Crippen LogP contribution in [0.2, 0.25) is 0 Å². The highest BCUT2D eigenvalue weighted by atomic mass is 79.9. The molecule has 0 spiro atoms. The number of hydrogen-bond donors (Lipinski definition) is 3. The van der Waals surface area contributed by atoms with Crippen molar-refractivity contribution in [1.82, 2.24) is 20.2 Å². The van der Waals surface area contributed by atoms with E-state index in [1.807, 2.05) is 18.2 Å². The lowest BCUT2D eigenvalue weighted by Crippen LogP contribution is -2.50. The summed E-state index contributed by atoms with van der Waals surface area (Å²) in [5, 5.41) is 8.66. The van der Waals surface area contributed by atoms with E-state index in [2.05, 4.69) is 51.6 Å². The van der Waals surface area contributed by atoms with E-state index in [0.29, 0.717) is 24.7 Å². The van der Waals surface area contributed by atoms with Crippen LogP contribution in [0.4, 0.5) is 36.3 Å². The van der Waals surface area contributed by atoms with Crippen LogP contribution in [0, 0.1) is 5.92 Å². The van der Waals surface area contributed by atoms with Gasteiger partial charge in [0, 0.05) is 61.0 Å². The average Bonchev–Trinajstić information content (AvgIpc) is 3.31. The SMILES string of the molecule is O=C(NCCCNc1nc(Nc2ccc(N3CCN4CCCC4C3)cc2Br)ncc1C(F)(F)F)C1CCC1. The third kappa shape index (κ3) is 6.33. The summed E-state index contributed by atoms with van der Waals surface area (Å²) in [5.74, 6) is -0.117. The van der Waals surface area contributed by atoms with Crippen LogP contribution >= 0.6 is 15.9 Å². The molecule has 12 heteroatoms. The molecule has 2 saturated heterocycles. The van der Waals surface area contributed by atoms with Gasteiger partial charge in [-0.1, -0.05) is 6.42 Å². The van der Waals surface area contributed by atoms with Gasteiger partial charge in [0.15, 0.2) is 0 Å². The van der Waals surface area contributed by atoms with Crippen molar-refractivity contribution in [2.24, 2.45) is 5.92 Å². The summed E-state index contributed by atoms with van der Waals surface area (Å²) in [6.07, 6.45) is 2.05. The number of amides is 1. The maximum absolute atomic E-state index is 13.6. The van der Waals surface area contributed by atoms with Crippen LogP contribution in [0.25, 0.3) is 0 Å². The number of aromatic nitrogens is 2. The number of anilines is 4. The number of hydrogen-bond acceptors (Lipinski definition) is 7. The Morgan fingerprint density at radius 1 is 1.11 bits per heavy atom. The minimum Gasteiger partial charge on any atom is -0.369 e. The van der Waals surface area contributed by atoms with Gasteiger partial charge in [-0.25, -0.2) is 4.98 Å². The lowest BCUT2D eigenvalue weighted by Gasteiger charge is -2.39. The van der Waals surface area contributed by atoms with Crippen molar-refractivity contribution in [3.05, 3.63) is 34.4 Å². The molecule has 1 unspecified atom stereocenters. The monoisotopic (exact) mass is 595 g/mol. The van der Waals surface area contributed by atoms with Crippen molar-refractivity contribution < 1.29 is 18.0 Å². The maximum atomic E-state index is 13.6. The summed E-state index contributed by atoms with van der Waals surface area (Å²) >= 11 is 3.60. The lowest BCUT2D eigenvalue weighted by atomic mass is 9.85. The fourth-order valence-corrected chi connectivity index (χ4v) is 5.72. The molecule has 2 aliphatic heterocycles. The minimum atomic E-state index is -4.59. The third-order valence-electron chi connectivity index (χ3n) is 7.67. The molecule has 1 aromatic heterocycles. The van der Waals surface area contributed by atoms with E-state index in [4.69, 9.17) is 0 Å². The maximum Gasteiger partial charge on any atom is 0.421 e. The van der Waals surface area contributed by atoms with Crippen LogP contribution in [-0.4, -0.2) is 66.1 Å². The van der Waals surface area contributed by atoms with Crippen molar-refractivity contribution in [3.8, 4) is 0 Å². The van der Waals surface area contributed by atoms with Gasteiger partial charge < -0.3 is 20.9 Å². The van der Waals surface area contributed by atoms with Gasteiger partial charge >= 0.3 is 6.18 Å². The van der Waals surface area contributed by atoms with Gasteiger partial charge in [0.1, 0.15) is 11.4 Å². The molecule has 1 aliphatic carbocycles. The molecule has 206 valence electrons. The molecular formula is C26H33BrF3N7O. The summed E-state index contributed by atoms with van der Waals surface area (Å²) in [6.45, 7) is 4.85. The molecule has 2 aromatic rings. The van der Waals surface area contributed by atoms with Crippen molar-refractivity contribution in [3.63, 3.8) is 0 Å². The van der Waals surface area contributed by atoms with E-state index in [-0.39, 0.29) is 30.1 Å². The highest BCUT2D eigenvalue weighted by molar-refractivity contribution is 9.10. The molecule has 1 saturated carbocycles. The zero-order chi connectivity index (χ0) is 26.7. The number of halogens is 4. The Kier molecular flexibility index (Phi) is 8.27. The molecular weight excluding hydrogens is 563 g/mol. The Hall–Kier alpha value is -2.60. The van der Waals surface area contributed by atoms with Crippen LogP contribution < -0.4 is 20.9 Å². The predicted octanol–water partition coefficient (Wildman–Crippen LogP) is 5.00. The minimum absolute atomic E-state index is 0.0261. The summed E-state index contributed by atoms with van der Waals surface area (Å²) in [5.41, 5.74) is 0.841. The standard InChI is InChI=1S/C26H33BrF3N7O/c27-21-14-18(37-13-12-36-11-2-6-19(36)16-37)7-8-22(21)34-25-33-15-20(26(28,29)30)23(35-25)31-9-3-10-32-24(38)17-4-1-5-17/h7-8,14-15,17,19H,1-6,9-13,16H2,(H,32,38)(H2,31,33,34,35). The van der Waals surface area contributed by atoms with Crippen LogP contribution in [-0.2, 0) is 11.0 Å². The molecule has 8 nitrogen and oxygen atoms in total. The second-order valence-electron chi connectivity index (χ2n) is 10.2. The molecule has 1 amide bonds. The molecule has 1 aromatic carbocycles. The van der Waals surface area contributed by atoms with Gasteiger partial charge in [-0.15, -0.1) is 0 Å². The highest BCUT2D eigenvalue weighted by Crippen LogP contribution is 2.35. The van der Waals surface area contributed by atoms with E-state index in [9.17, 15) is 18.0 Å². The Balaban J connectivity index is 1.21. The first-order valence-corrected chi connectivity index (χ1v) is 14.1. The molecule has 3 aliphatic rings. The first-order chi connectivity index (χ1) is 18.3. The number of piperazine rings is 1. The normalized spacial score (nSPS) is 20.1. The van der Waals surface area contributed by atoms with Crippen molar-refractivity contribution >= 4 is 45.0 Å². The predicted molar refractivity (Wildman–Crippen MR) is 145 cm³/mol. The fraction of sp³-hybridized carbons (Fsp3) is 0.577. The van der Waals surface area contributed by atoms with Crippen LogP contribution in [0.15, 0.2) is 28.9 Å². The third-order valence-corrected chi connectivity index (χ3v) is 8.32. The number of fused-ring (bicyclic) bond motifs is 1. The summed E-state index contributed by atoms with van der Waals surface area (Å²) in [4.78, 5) is 24.9. The van der Waals surface area contributed by atoms with Crippen molar-refractivity contribution in [2.45, 2.75) is 50.7 Å². The number of alkyl halides is 3. The van der Waals surface area contributed by atoms with E-state index in [1.54, 1.807) is 0 Å². The van der Waals surface area contributed by atoms with E-state index in [0.717, 1.165) is 55.3 Å². The molecule has 0 bridgehead atoms. The molecule has 3 heterocycles. The topological polar surface area (TPSA) is 85.4 Å². The Morgan fingerprint density at radius 2 is 1.95 bits per heavy atom. The number of rotatable bonds is 9. The molecule has 5 rings (SSSR count). The second kappa shape index (κ2) is 11.6. The zero-order valence-corrected chi connectivity index (χ0v) is 22.7. The smallest absolute Gasteiger partial charge is 0.369 e. The number of nitrogens with one attached hydrogen (secondary N) is 3. The molecule has 3 fully saturated rings. The van der Waals surface area contributed by atoms with E-state index < -0.39 is 11.7 Å². The van der Waals surface area contributed by atoms with Crippen molar-refractivity contribution in [1.29, 1.82) is 0 Å². The van der Waals surface area contributed by atoms with Crippen LogP contribution in [0.1, 0.15) is 44.1 Å². The first kappa shape index (κ1) is 27.0. The number of nitrogens with zero attached hydrogens (tertiary/aromatic N) is 4. The van der Waals surface area contributed by atoms with E-state index >= 15 is 0 Å². The Bertz CT molecular complexity index is 1140. The largest absolute Gasteiger partial charge is 0.421 e. The zero-order valence-electron chi connectivity index (χ0n) is 21.2. The summed E-state index contributed by atoms with van der Waals surface area (Å²) in [6, 6.07) is 6.53. The molecule has 38 heavy (non-hydrogen) atoms. The van der Waals surface area contributed by atoms with Gasteiger partial charge in [-0.3, -0.25) is 9.69 Å². The quantitative estimate of drug-likeness (QED) is 0.352. The highest BCUT2D eigenvalue weighted by Gasteiger charge is 2.35. The van der Waals surface area contributed by atoms with Crippen molar-refractivity contribution in [2.75, 3.05) is 54.8 Å². The van der Waals surface area contributed by atoms with Gasteiger partial charge in [-0.2, -0.15) is 18.2 Å². The second-order valence-corrected chi connectivity index (χ2v) is 11.1. The molecule has 3 N–H and O–H groups in total. The van der Waals surface area contributed by atoms with Crippen LogP contribution in [0.5, 0.6) is 0 Å². The van der Waals surface area contributed by atoms with Gasteiger partial charge in [-0.05, 0) is 72.8 Å². The van der Waals surface area contributed by atoms with Gasteiger partial charge in [0.05, 0.1) is 5.69 Å². The van der Waals surface area contributed by atoms with Gasteiger partial charge in [0.25, 0.3) is 0 Å².